The SMILES string of the molecule is CCNC(CSC(C)(C)C)Cc1cn2ccsc2n1. The minimum Gasteiger partial charge on any atom is -0.313 e. The van der Waals surface area contributed by atoms with Gasteiger partial charge < -0.3 is 5.32 Å². The fourth-order valence-electron chi connectivity index (χ4n) is 1.96. The minimum atomic E-state index is 0.322. The van der Waals surface area contributed by atoms with E-state index in [0.29, 0.717) is 10.8 Å². The Labute approximate surface area is 123 Å². The number of fused-ring (bicyclic) bond motifs is 1. The smallest absolute Gasteiger partial charge is 0.193 e. The summed E-state index contributed by atoms with van der Waals surface area (Å²) in [5.41, 5.74) is 1.19. The molecule has 2 aromatic rings. The number of nitrogens with one attached hydrogen (secondary N) is 1. The molecule has 0 aromatic carbocycles. The lowest BCUT2D eigenvalue weighted by Crippen LogP contribution is -2.34. The van der Waals surface area contributed by atoms with E-state index in [4.69, 9.17) is 0 Å². The normalized spacial score (nSPS) is 14.1. The molecule has 0 amide bonds. The second-order valence-corrected chi connectivity index (χ2v) is 8.43. The molecular weight excluding hydrogens is 274 g/mol. The van der Waals surface area contributed by atoms with Crippen molar-refractivity contribution in [3.05, 3.63) is 23.5 Å². The van der Waals surface area contributed by atoms with Crippen LogP contribution < -0.4 is 5.32 Å². The van der Waals surface area contributed by atoms with E-state index in [2.05, 4.69) is 60.2 Å². The Morgan fingerprint density at radius 1 is 1.47 bits per heavy atom. The summed E-state index contributed by atoms with van der Waals surface area (Å²) in [5.74, 6) is 1.13. The zero-order valence-corrected chi connectivity index (χ0v) is 13.8. The number of rotatable bonds is 6. The van der Waals surface area contributed by atoms with Crippen LogP contribution in [0.4, 0.5) is 0 Å². The van der Waals surface area contributed by atoms with E-state index in [-0.39, 0.29) is 0 Å². The van der Waals surface area contributed by atoms with E-state index in [1.807, 2.05) is 11.8 Å². The third kappa shape index (κ3) is 4.51. The third-order valence-electron chi connectivity index (χ3n) is 2.81. The average Bonchev–Trinajstić information content (AvgIpc) is 2.85. The summed E-state index contributed by atoms with van der Waals surface area (Å²) >= 11 is 3.71. The molecule has 3 nitrogen and oxygen atoms in total. The molecule has 0 aliphatic carbocycles. The Bertz CT molecular complexity index is 481. The van der Waals surface area contributed by atoms with E-state index in [0.717, 1.165) is 23.7 Å². The standard InChI is InChI=1S/C14H23N3S2/c1-5-15-12(10-19-14(2,3)4)8-11-9-17-6-7-18-13(17)16-11/h6-7,9,12,15H,5,8,10H2,1-4H3. The van der Waals surface area contributed by atoms with Crippen LogP contribution in [0.2, 0.25) is 0 Å². The van der Waals surface area contributed by atoms with Crippen molar-refractivity contribution in [3.8, 4) is 0 Å². The second kappa shape index (κ2) is 6.29. The number of thiazole rings is 1. The second-order valence-electron chi connectivity index (χ2n) is 5.71. The summed E-state index contributed by atoms with van der Waals surface area (Å²) in [4.78, 5) is 5.76. The fraction of sp³-hybridized carbons (Fsp3) is 0.643. The molecule has 0 radical (unpaired) electrons. The van der Waals surface area contributed by atoms with E-state index in [9.17, 15) is 0 Å². The van der Waals surface area contributed by atoms with Crippen molar-refractivity contribution >= 4 is 28.1 Å². The van der Waals surface area contributed by atoms with Crippen molar-refractivity contribution in [1.82, 2.24) is 14.7 Å². The van der Waals surface area contributed by atoms with Gasteiger partial charge in [-0.05, 0) is 6.54 Å². The summed E-state index contributed by atoms with van der Waals surface area (Å²) < 4.78 is 2.43. The molecule has 0 aliphatic heterocycles. The molecule has 1 unspecified atom stereocenters. The van der Waals surface area contributed by atoms with Crippen LogP contribution in [0, 0.1) is 0 Å². The molecule has 0 aliphatic rings. The number of nitrogens with zero attached hydrogens (tertiary/aromatic N) is 2. The zero-order valence-electron chi connectivity index (χ0n) is 12.1. The highest BCUT2D eigenvalue weighted by molar-refractivity contribution is 8.00. The molecule has 0 saturated heterocycles. The van der Waals surface area contributed by atoms with E-state index in [1.165, 1.54) is 5.69 Å². The van der Waals surface area contributed by atoms with Crippen LogP contribution in [-0.2, 0) is 6.42 Å². The van der Waals surface area contributed by atoms with E-state index in [1.54, 1.807) is 11.3 Å². The highest BCUT2D eigenvalue weighted by Gasteiger charge is 2.16. The summed E-state index contributed by atoms with van der Waals surface area (Å²) in [6.45, 7) is 9.99. The van der Waals surface area contributed by atoms with Crippen LogP contribution in [0.5, 0.6) is 0 Å². The Balaban J connectivity index is 1.97. The van der Waals surface area contributed by atoms with Gasteiger partial charge in [0.1, 0.15) is 0 Å². The predicted octanol–water partition coefficient (Wildman–Crippen LogP) is 3.45. The van der Waals surface area contributed by atoms with Crippen molar-refractivity contribution in [2.75, 3.05) is 12.3 Å². The molecule has 19 heavy (non-hydrogen) atoms. The molecule has 2 aromatic heterocycles. The predicted molar refractivity (Wildman–Crippen MR) is 86.4 cm³/mol. The molecule has 5 heteroatoms. The van der Waals surface area contributed by atoms with Crippen molar-refractivity contribution in [1.29, 1.82) is 0 Å². The first-order chi connectivity index (χ1) is 8.98. The molecule has 0 spiro atoms. The maximum Gasteiger partial charge on any atom is 0.193 e. The number of hydrogen-bond acceptors (Lipinski definition) is 4. The Kier molecular flexibility index (Phi) is 4.92. The van der Waals surface area contributed by atoms with Gasteiger partial charge in [0.25, 0.3) is 0 Å². The van der Waals surface area contributed by atoms with Gasteiger partial charge in [0.05, 0.1) is 5.69 Å². The maximum absolute atomic E-state index is 4.67. The van der Waals surface area contributed by atoms with Gasteiger partial charge in [-0.15, -0.1) is 11.3 Å². The van der Waals surface area contributed by atoms with E-state index < -0.39 is 0 Å². The molecule has 0 saturated carbocycles. The highest BCUT2D eigenvalue weighted by Crippen LogP contribution is 2.24. The summed E-state index contributed by atoms with van der Waals surface area (Å²) in [5, 5.41) is 5.65. The quantitative estimate of drug-likeness (QED) is 0.885. The van der Waals surface area contributed by atoms with Crippen LogP contribution >= 0.6 is 23.1 Å². The first-order valence-corrected chi connectivity index (χ1v) is 8.63. The molecule has 1 atom stereocenters. The van der Waals surface area contributed by atoms with Crippen LogP contribution in [0.3, 0.4) is 0 Å². The van der Waals surface area contributed by atoms with Gasteiger partial charge >= 0.3 is 0 Å². The number of likely N-dealkylation sites (N-methyl/N-ethyl adjacent to an activating group) is 1. The van der Waals surface area contributed by atoms with Crippen molar-refractivity contribution in [2.24, 2.45) is 0 Å². The minimum absolute atomic E-state index is 0.322. The average molecular weight is 297 g/mol. The van der Waals surface area contributed by atoms with Gasteiger partial charge in [-0.2, -0.15) is 11.8 Å². The largest absolute Gasteiger partial charge is 0.313 e. The summed E-state index contributed by atoms with van der Waals surface area (Å²) in [7, 11) is 0. The Hall–Kier alpha value is -0.520. The van der Waals surface area contributed by atoms with Gasteiger partial charge in [0, 0.05) is 40.7 Å². The Morgan fingerprint density at radius 2 is 2.26 bits per heavy atom. The number of thioether (sulfide) groups is 1. The molecule has 2 rings (SSSR count). The zero-order chi connectivity index (χ0) is 13.9. The lowest BCUT2D eigenvalue weighted by atomic mass is 10.2. The summed E-state index contributed by atoms with van der Waals surface area (Å²) in [6, 6.07) is 0.499. The first-order valence-electron chi connectivity index (χ1n) is 6.76. The fourth-order valence-corrected chi connectivity index (χ4v) is 3.61. The lowest BCUT2D eigenvalue weighted by molar-refractivity contribution is 0.566. The number of imidazole rings is 1. The van der Waals surface area contributed by atoms with Gasteiger partial charge in [0.2, 0.25) is 0 Å². The first kappa shape index (κ1) is 14.9. The molecule has 0 bridgehead atoms. The highest BCUT2D eigenvalue weighted by atomic mass is 32.2. The molecule has 2 heterocycles. The number of aromatic nitrogens is 2. The molecule has 1 N–H and O–H groups in total. The van der Waals surface area contributed by atoms with Crippen molar-refractivity contribution in [3.63, 3.8) is 0 Å². The molecular formula is C14H23N3S2. The monoisotopic (exact) mass is 297 g/mol. The van der Waals surface area contributed by atoms with Crippen LogP contribution in [0.15, 0.2) is 17.8 Å². The van der Waals surface area contributed by atoms with Crippen LogP contribution in [0.25, 0.3) is 4.96 Å². The van der Waals surface area contributed by atoms with Gasteiger partial charge in [0.15, 0.2) is 4.96 Å². The van der Waals surface area contributed by atoms with Crippen LogP contribution in [0.1, 0.15) is 33.4 Å². The van der Waals surface area contributed by atoms with Gasteiger partial charge in [-0.3, -0.25) is 4.40 Å². The maximum atomic E-state index is 4.67. The number of hydrogen-bond donors (Lipinski definition) is 1. The topological polar surface area (TPSA) is 29.3 Å². The lowest BCUT2D eigenvalue weighted by Gasteiger charge is -2.23. The molecule has 0 fully saturated rings. The summed E-state index contributed by atoms with van der Waals surface area (Å²) in [6.07, 6.45) is 5.23. The van der Waals surface area contributed by atoms with Gasteiger partial charge in [-0.25, -0.2) is 4.98 Å². The van der Waals surface area contributed by atoms with E-state index >= 15 is 0 Å². The Morgan fingerprint density at radius 3 is 2.89 bits per heavy atom. The third-order valence-corrected chi connectivity index (χ3v) is 5.01. The van der Waals surface area contributed by atoms with Gasteiger partial charge in [-0.1, -0.05) is 27.7 Å². The van der Waals surface area contributed by atoms with Crippen molar-refractivity contribution < 1.29 is 0 Å². The van der Waals surface area contributed by atoms with Crippen molar-refractivity contribution in [2.45, 2.75) is 44.9 Å². The molecule has 106 valence electrons. The van der Waals surface area contributed by atoms with Crippen LogP contribution in [-0.4, -0.2) is 32.5 Å².